The van der Waals surface area contributed by atoms with Gasteiger partial charge in [0.2, 0.25) is 0 Å². The van der Waals surface area contributed by atoms with E-state index in [4.69, 9.17) is 0 Å². The highest BCUT2D eigenvalue weighted by Gasteiger charge is 2.09. The number of carbonyl (C=O) groups is 1. The fourth-order valence-electron chi connectivity index (χ4n) is 3.50. The highest BCUT2D eigenvalue weighted by Crippen LogP contribution is 2.18. The first kappa shape index (κ1) is 20.5. The molecule has 4 rings (SSSR count). The number of fused-ring (bicyclic) bond motifs is 1. The molecule has 0 aliphatic carbocycles. The van der Waals surface area contributed by atoms with Crippen LogP contribution in [0.15, 0.2) is 42.5 Å². The zero-order valence-electron chi connectivity index (χ0n) is 18.2. The third-order valence-corrected chi connectivity index (χ3v) is 5.16. The van der Waals surface area contributed by atoms with Gasteiger partial charge in [-0.1, -0.05) is 6.07 Å². The number of aryl methyl sites for hydroxylation is 4. The molecule has 2 aromatic carbocycles. The number of nitrogens with zero attached hydrogens (tertiary/aromatic N) is 3. The molecule has 7 nitrogen and oxygen atoms in total. The van der Waals surface area contributed by atoms with Crippen molar-refractivity contribution in [3.63, 3.8) is 0 Å². The van der Waals surface area contributed by atoms with Gasteiger partial charge in [0, 0.05) is 36.0 Å². The molecule has 7 heteroatoms. The normalized spacial score (nSPS) is 11.0. The summed E-state index contributed by atoms with van der Waals surface area (Å²) in [7, 11) is 0. The minimum Gasteiger partial charge on any atom is -0.352 e. The van der Waals surface area contributed by atoms with Gasteiger partial charge >= 0.3 is 0 Å². The van der Waals surface area contributed by atoms with Crippen LogP contribution in [0.1, 0.15) is 38.8 Å². The summed E-state index contributed by atoms with van der Waals surface area (Å²) in [6.07, 6.45) is 0.635. The van der Waals surface area contributed by atoms with Crippen LogP contribution < -0.4 is 10.6 Å². The van der Waals surface area contributed by atoms with Crippen molar-refractivity contribution < 1.29 is 4.79 Å². The molecule has 2 aromatic heterocycles. The molecule has 0 unspecified atom stereocenters. The molecule has 4 aromatic rings. The van der Waals surface area contributed by atoms with E-state index in [0.717, 1.165) is 28.2 Å². The minimum atomic E-state index is -0.124. The average Bonchev–Trinajstić information content (AvgIpc) is 3.09. The zero-order chi connectivity index (χ0) is 22.0. The Morgan fingerprint density at radius 3 is 2.58 bits per heavy atom. The van der Waals surface area contributed by atoms with Crippen LogP contribution in [0.5, 0.6) is 0 Å². The highest BCUT2D eigenvalue weighted by molar-refractivity contribution is 5.95. The molecular formula is C24H26N6O. The lowest BCUT2D eigenvalue weighted by molar-refractivity contribution is 0.0954. The highest BCUT2D eigenvalue weighted by atomic mass is 16.1. The van der Waals surface area contributed by atoms with Crippen molar-refractivity contribution in [2.24, 2.45) is 0 Å². The SMILES string of the molecule is Cc1cc(Nc2cccc(C(=O)NCCc3nc4cc(C)c(C)cc4[nH]3)c2)nc(C)n1. The van der Waals surface area contributed by atoms with Crippen LogP contribution in [0.2, 0.25) is 0 Å². The van der Waals surface area contributed by atoms with Crippen LogP contribution in [0, 0.1) is 27.7 Å². The van der Waals surface area contributed by atoms with Crippen LogP contribution in [0.3, 0.4) is 0 Å². The van der Waals surface area contributed by atoms with Crippen molar-refractivity contribution in [1.29, 1.82) is 0 Å². The number of carbonyl (C=O) groups excluding carboxylic acids is 1. The van der Waals surface area contributed by atoms with Crippen LogP contribution in [0.4, 0.5) is 11.5 Å². The van der Waals surface area contributed by atoms with Gasteiger partial charge in [-0.2, -0.15) is 0 Å². The number of aromatic amines is 1. The Kier molecular flexibility index (Phi) is 5.66. The largest absolute Gasteiger partial charge is 0.352 e. The molecule has 0 saturated heterocycles. The van der Waals surface area contributed by atoms with Gasteiger partial charge in [0.05, 0.1) is 11.0 Å². The van der Waals surface area contributed by atoms with E-state index in [2.05, 4.69) is 56.5 Å². The molecule has 1 amide bonds. The molecule has 0 radical (unpaired) electrons. The van der Waals surface area contributed by atoms with Crippen molar-refractivity contribution in [1.82, 2.24) is 25.3 Å². The Hall–Kier alpha value is -3.74. The Balaban J connectivity index is 1.38. The third kappa shape index (κ3) is 4.88. The van der Waals surface area contributed by atoms with E-state index in [0.29, 0.717) is 30.2 Å². The second kappa shape index (κ2) is 8.55. The minimum absolute atomic E-state index is 0.124. The Morgan fingerprint density at radius 1 is 0.968 bits per heavy atom. The fraction of sp³-hybridized carbons (Fsp3) is 0.250. The molecule has 0 fully saturated rings. The molecule has 0 saturated carbocycles. The van der Waals surface area contributed by atoms with Gasteiger partial charge in [-0.05, 0) is 69.2 Å². The van der Waals surface area contributed by atoms with Crippen molar-refractivity contribution in [2.45, 2.75) is 34.1 Å². The maximum Gasteiger partial charge on any atom is 0.251 e. The molecular weight excluding hydrogens is 388 g/mol. The van der Waals surface area contributed by atoms with Crippen molar-refractivity contribution in [3.8, 4) is 0 Å². The topological polar surface area (TPSA) is 95.6 Å². The number of aromatic nitrogens is 4. The second-order valence-electron chi connectivity index (χ2n) is 7.79. The van der Waals surface area contributed by atoms with E-state index >= 15 is 0 Å². The third-order valence-electron chi connectivity index (χ3n) is 5.16. The van der Waals surface area contributed by atoms with Crippen molar-refractivity contribution in [2.75, 3.05) is 11.9 Å². The molecule has 0 aliphatic heterocycles. The van der Waals surface area contributed by atoms with Crippen LogP contribution in [-0.2, 0) is 6.42 Å². The summed E-state index contributed by atoms with van der Waals surface area (Å²) >= 11 is 0. The quantitative estimate of drug-likeness (QED) is 0.437. The van der Waals surface area contributed by atoms with E-state index in [-0.39, 0.29) is 5.91 Å². The smallest absolute Gasteiger partial charge is 0.251 e. The monoisotopic (exact) mass is 414 g/mol. The summed E-state index contributed by atoms with van der Waals surface area (Å²) in [5.74, 6) is 2.15. The number of hydrogen-bond donors (Lipinski definition) is 3. The van der Waals surface area contributed by atoms with E-state index in [1.54, 1.807) is 6.07 Å². The van der Waals surface area contributed by atoms with E-state index in [1.807, 2.05) is 38.1 Å². The molecule has 31 heavy (non-hydrogen) atoms. The molecule has 3 N–H and O–H groups in total. The number of hydrogen-bond acceptors (Lipinski definition) is 5. The lowest BCUT2D eigenvalue weighted by Gasteiger charge is -2.09. The Bertz CT molecular complexity index is 1200. The molecule has 0 aliphatic rings. The maximum atomic E-state index is 12.6. The number of imidazole rings is 1. The fourth-order valence-corrected chi connectivity index (χ4v) is 3.50. The van der Waals surface area contributed by atoms with Gasteiger partial charge in [-0.25, -0.2) is 15.0 Å². The summed E-state index contributed by atoms with van der Waals surface area (Å²) < 4.78 is 0. The lowest BCUT2D eigenvalue weighted by atomic mass is 10.1. The van der Waals surface area contributed by atoms with Gasteiger partial charge in [0.25, 0.3) is 5.91 Å². The van der Waals surface area contributed by atoms with Crippen molar-refractivity contribution in [3.05, 3.63) is 76.5 Å². The second-order valence-corrected chi connectivity index (χ2v) is 7.79. The summed E-state index contributed by atoms with van der Waals surface area (Å²) in [6, 6.07) is 13.4. The molecule has 2 heterocycles. The number of amides is 1. The number of nitrogens with one attached hydrogen (secondary N) is 3. The summed E-state index contributed by atoms with van der Waals surface area (Å²) in [6.45, 7) is 8.45. The van der Waals surface area contributed by atoms with Crippen molar-refractivity contribution >= 4 is 28.4 Å². The van der Waals surface area contributed by atoms with Gasteiger partial charge in [-0.15, -0.1) is 0 Å². The Morgan fingerprint density at radius 2 is 1.77 bits per heavy atom. The average molecular weight is 415 g/mol. The number of benzene rings is 2. The molecule has 0 bridgehead atoms. The number of H-pyrrole nitrogens is 1. The standard InChI is InChI=1S/C24H26N6O/c1-14-10-20-21(11-15(14)2)30-22(29-20)8-9-25-24(31)18-6-5-7-19(13-18)28-23-12-16(3)26-17(4)27-23/h5-7,10-13H,8-9H2,1-4H3,(H,25,31)(H,29,30)(H,26,27,28). The number of rotatable bonds is 6. The van der Waals surface area contributed by atoms with Gasteiger partial charge < -0.3 is 15.6 Å². The van der Waals surface area contributed by atoms with E-state index in [1.165, 1.54) is 11.1 Å². The lowest BCUT2D eigenvalue weighted by Crippen LogP contribution is -2.26. The van der Waals surface area contributed by atoms with Gasteiger partial charge in [0.15, 0.2) is 0 Å². The van der Waals surface area contributed by atoms with Crippen LogP contribution in [-0.4, -0.2) is 32.4 Å². The first-order valence-corrected chi connectivity index (χ1v) is 10.3. The summed E-state index contributed by atoms with van der Waals surface area (Å²) in [5.41, 5.74) is 6.71. The summed E-state index contributed by atoms with van der Waals surface area (Å²) in [5, 5.41) is 6.21. The summed E-state index contributed by atoms with van der Waals surface area (Å²) in [4.78, 5) is 29.2. The van der Waals surface area contributed by atoms with Crippen LogP contribution in [0.25, 0.3) is 11.0 Å². The van der Waals surface area contributed by atoms with Crippen LogP contribution >= 0.6 is 0 Å². The first-order chi connectivity index (χ1) is 14.9. The predicted octanol–water partition coefficient (Wildman–Crippen LogP) is 4.30. The van der Waals surface area contributed by atoms with Gasteiger partial charge in [0.1, 0.15) is 17.5 Å². The zero-order valence-corrected chi connectivity index (χ0v) is 18.2. The van der Waals surface area contributed by atoms with Gasteiger partial charge in [-0.3, -0.25) is 4.79 Å². The van der Waals surface area contributed by atoms with E-state index in [9.17, 15) is 4.79 Å². The molecule has 0 atom stereocenters. The maximum absolute atomic E-state index is 12.6. The first-order valence-electron chi connectivity index (χ1n) is 10.3. The molecule has 0 spiro atoms. The van der Waals surface area contributed by atoms with E-state index < -0.39 is 0 Å². The Labute approximate surface area is 181 Å². The predicted molar refractivity (Wildman–Crippen MR) is 123 cm³/mol. The molecule has 158 valence electrons. The number of anilines is 2.